The summed E-state index contributed by atoms with van der Waals surface area (Å²) in [6.07, 6.45) is 7.69. The first-order chi connectivity index (χ1) is 5.36. The quantitative estimate of drug-likeness (QED) is 0.603. The summed E-state index contributed by atoms with van der Waals surface area (Å²) in [5.41, 5.74) is 5.84. The van der Waals surface area contributed by atoms with Crippen LogP contribution in [0.4, 0.5) is 0 Å². The fourth-order valence-electron chi connectivity index (χ4n) is 1.97. The van der Waals surface area contributed by atoms with Crippen LogP contribution in [0, 0.1) is 6.42 Å². The van der Waals surface area contributed by atoms with Gasteiger partial charge in [0.2, 0.25) is 0 Å². The molecule has 1 aliphatic heterocycles. The summed E-state index contributed by atoms with van der Waals surface area (Å²) >= 11 is 0. The minimum Gasteiger partial charge on any atom is -0.326 e. The zero-order chi connectivity index (χ0) is 7.68. The number of nitrogens with two attached hydrogens (primary N) is 1. The van der Waals surface area contributed by atoms with Gasteiger partial charge < -0.3 is 5.73 Å². The molecule has 11 heavy (non-hydrogen) atoms. The maximum atomic E-state index is 5.84. The van der Waals surface area contributed by atoms with E-state index in [0.29, 0.717) is 6.04 Å². The topological polar surface area (TPSA) is 29.3 Å². The lowest BCUT2D eigenvalue weighted by molar-refractivity contribution is 0.110. The van der Waals surface area contributed by atoms with Gasteiger partial charge in [-0.05, 0) is 32.2 Å². The van der Waals surface area contributed by atoms with Crippen LogP contribution in [0.5, 0.6) is 0 Å². The van der Waals surface area contributed by atoms with Crippen LogP contribution in [0.3, 0.4) is 0 Å². The molecule has 0 amide bonds. The molecule has 0 aromatic carbocycles. The standard InChI is InChI=1S/C9H17N2/c10-8-3-2-6-11(7-8)9-4-1-5-9/h3,8-9H,1-2,4-7,10H2. The second kappa shape index (κ2) is 3.11. The molecule has 1 heterocycles. The molecular weight excluding hydrogens is 136 g/mol. The summed E-state index contributed by atoms with van der Waals surface area (Å²) in [6, 6.07) is 1.22. The first-order valence-corrected chi connectivity index (χ1v) is 4.69. The fourth-order valence-corrected chi connectivity index (χ4v) is 1.97. The summed E-state index contributed by atoms with van der Waals surface area (Å²) < 4.78 is 0. The van der Waals surface area contributed by atoms with Crippen LogP contribution in [-0.2, 0) is 0 Å². The molecule has 2 N–H and O–H groups in total. The number of piperidine rings is 1. The second-order valence-electron chi connectivity index (χ2n) is 3.77. The SMILES string of the molecule is NC1[CH]CCN(C2CCC2)C1. The summed E-state index contributed by atoms with van der Waals surface area (Å²) in [4.78, 5) is 2.56. The molecule has 1 saturated heterocycles. The number of hydrogen-bond donors (Lipinski definition) is 1. The van der Waals surface area contributed by atoms with Crippen molar-refractivity contribution in [1.82, 2.24) is 4.90 Å². The van der Waals surface area contributed by atoms with Crippen LogP contribution < -0.4 is 5.73 Å². The molecule has 63 valence electrons. The van der Waals surface area contributed by atoms with E-state index in [4.69, 9.17) is 5.73 Å². The number of hydrogen-bond acceptors (Lipinski definition) is 2. The molecule has 0 aromatic rings. The average Bonchev–Trinajstić information content (AvgIpc) is 1.83. The molecule has 2 aliphatic rings. The van der Waals surface area contributed by atoms with Crippen molar-refractivity contribution in [2.24, 2.45) is 5.73 Å². The van der Waals surface area contributed by atoms with Crippen molar-refractivity contribution in [3.8, 4) is 0 Å². The van der Waals surface area contributed by atoms with Gasteiger partial charge in [-0.25, -0.2) is 0 Å². The second-order valence-corrected chi connectivity index (χ2v) is 3.77. The van der Waals surface area contributed by atoms with E-state index in [9.17, 15) is 0 Å². The Kier molecular flexibility index (Phi) is 2.14. The summed E-state index contributed by atoms with van der Waals surface area (Å²) in [5.74, 6) is 0. The van der Waals surface area contributed by atoms with Gasteiger partial charge in [-0.15, -0.1) is 0 Å². The van der Waals surface area contributed by atoms with E-state index in [1.807, 2.05) is 0 Å². The Balaban J connectivity index is 1.82. The maximum Gasteiger partial charge on any atom is 0.0200 e. The van der Waals surface area contributed by atoms with Crippen molar-refractivity contribution < 1.29 is 0 Å². The van der Waals surface area contributed by atoms with Crippen molar-refractivity contribution in [3.63, 3.8) is 0 Å². The highest BCUT2D eigenvalue weighted by Gasteiger charge is 2.27. The lowest BCUT2D eigenvalue weighted by Gasteiger charge is -2.41. The van der Waals surface area contributed by atoms with Crippen LogP contribution >= 0.6 is 0 Å². The molecule has 2 rings (SSSR count). The molecule has 1 aliphatic carbocycles. The lowest BCUT2D eigenvalue weighted by Crippen LogP contribution is -2.50. The Hall–Kier alpha value is -0.0800. The molecule has 0 aromatic heterocycles. The van der Waals surface area contributed by atoms with E-state index < -0.39 is 0 Å². The van der Waals surface area contributed by atoms with Gasteiger partial charge in [0.15, 0.2) is 0 Å². The molecule has 1 saturated carbocycles. The fraction of sp³-hybridized carbons (Fsp3) is 0.889. The van der Waals surface area contributed by atoms with Crippen molar-refractivity contribution in [2.75, 3.05) is 13.1 Å². The first-order valence-electron chi connectivity index (χ1n) is 4.69. The molecule has 2 heteroatoms. The smallest absolute Gasteiger partial charge is 0.0200 e. The number of nitrogens with zero attached hydrogens (tertiary/aromatic N) is 1. The highest BCUT2D eigenvalue weighted by molar-refractivity contribution is 4.92. The van der Waals surface area contributed by atoms with Crippen molar-refractivity contribution in [2.45, 2.75) is 37.8 Å². The van der Waals surface area contributed by atoms with E-state index in [1.165, 1.54) is 32.2 Å². The van der Waals surface area contributed by atoms with Gasteiger partial charge in [-0.3, -0.25) is 4.90 Å². The molecule has 0 bridgehead atoms. The van der Waals surface area contributed by atoms with Crippen LogP contribution in [0.25, 0.3) is 0 Å². The third-order valence-corrected chi connectivity index (χ3v) is 2.92. The van der Waals surface area contributed by atoms with Crippen LogP contribution in [-0.4, -0.2) is 30.1 Å². The molecule has 2 fully saturated rings. The van der Waals surface area contributed by atoms with E-state index >= 15 is 0 Å². The van der Waals surface area contributed by atoms with Crippen molar-refractivity contribution >= 4 is 0 Å². The van der Waals surface area contributed by atoms with Gasteiger partial charge in [0.1, 0.15) is 0 Å². The van der Waals surface area contributed by atoms with E-state index in [2.05, 4.69) is 11.3 Å². The monoisotopic (exact) mass is 153 g/mol. The molecule has 1 unspecified atom stereocenters. The van der Waals surface area contributed by atoms with Gasteiger partial charge in [-0.1, -0.05) is 6.42 Å². The Labute approximate surface area is 68.7 Å². The van der Waals surface area contributed by atoms with Gasteiger partial charge >= 0.3 is 0 Å². The summed E-state index contributed by atoms with van der Waals surface area (Å²) in [5, 5.41) is 0. The van der Waals surface area contributed by atoms with Gasteiger partial charge in [-0.2, -0.15) is 0 Å². The molecule has 0 spiro atoms. The Bertz CT molecular complexity index is 132. The molecule has 1 atom stereocenters. The molecular formula is C9H17N2. The van der Waals surface area contributed by atoms with Gasteiger partial charge in [0, 0.05) is 18.6 Å². The predicted molar refractivity (Wildman–Crippen MR) is 46.1 cm³/mol. The predicted octanol–water partition coefficient (Wildman–Crippen LogP) is 0.776. The Morgan fingerprint density at radius 2 is 2.18 bits per heavy atom. The van der Waals surface area contributed by atoms with Crippen LogP contribution in [0.1, 0.15) is 25.7 Å². The summed E-state index contributed by atoms with van der Waals surface area (Å²) in [6.45, 7) is 2.35. The highest BCUT2D eigenvalue weighted by atomic mass is 15.2. The summed E-state index contributed by atoms with van der Waals surface area (Å²) in [7, 11) is 0. The van der Waals surface area contributed by atoms with Crippen LogP contribution in [0.15, 0.2) is 0 Å². The normalized spacial score (nSPS) is 35.2. The van der Waals surface area contributed by atoms with E-state index in [1.54, 1.807) is 0 Å². The lowest BCUT2D eigenvalue weighted by atomic mass is 9.89. The average molecular weight is 153 g/mol. The minimum absolute atomic E-state index is 0.337. The van der Waals surface area contributed by atoms with Gasteiger partial charge in [0.25, 0.3) is 0 Å². The first kappa shape index (κ1) is 7.56. The van der Waals surface area contributed by atoms with Crippen molar-refractivity contribution in [3.05, 3.63) is 6.42 Å². The molecule has 1 radical (unpaired) electrons. The minimum atomic E-state index is 0.337. The number of rotatable bonds is 1. The van der Waals surface area contributed by atoms with E-state index in [0.717, 1.165) is 12.6 Å². The van der Waals surface area contributed by atoms with Crippen LogP contribution in [0.2, 0.25) is 0 Å². The molecule has 2 nitrogen and oxygen atoms in total. The Morgan fingerprint density at radius 1 is 1.36 bits per heavy atom. The Morgan fingerprint density at radius 3 is 2.73 bits per heavy atom. The third kappa shape index (κ3) is 1.57. The zero-order valence-corrected chi connectivity index (χ0v) is 7.00. The van der Waals surface area contributed by atoms with Crippen molar-refractivity contribution in [1.29, 1.82) is 0 Å². The van der Waals surface area contributed by atoms with E-state index in [-0.39, 0.29) is 0 Å². The highest BCUT2D eigenvalue weighted by Crippen LogP contribution is 2.26. The third-order valence-electron chi connectivity index (χ3n) is 2.92. The van der Waals surface area contributed by atoms with Gasteiger partial charge in [0.05, 0.1) is 0 Å². The maximum absolute atomic E-state index is 5.84. The zero-order valence-electron chi connectivity index (χ0n) is 7.00. The number of likely N-dealkylation sites (tertiary alicyclic amines) is 1. The largest absolute Gasteiger partial charge is 0.326 e.